The molecule has 1 saturated heterocycles. The van der Waals surface area contributed by atoms with Crippen molar-refractivity contribution in [3.05, 3.63) is 18.2 Å². The number of ether oxygens (including phenoxy) is 2. The molecule has 1 aliphatic heterocycles. The minimum absolute atomic E-state index is 0.0171. The van der Waals surface area contributed by atoms with E-state index in [1.165, 1.54) is 0 Å². The van der Waals surface area contributed by atoms with Crippen molar-refractivity contribution in [3.63, 3.8) is 0 Å². The van der Waals surface area contributed by atoms with E-state index in [0.717, 1.165) is 5.69 Å². The highest BCUT2D eigenvalue weighted by Gasteiger charge is 2.24. The Balaban J connectivity index is 2.23. The highest BCUT2D eigenvalue weighted by Crippen LogP contribution is 2.31. The lowest BCUT2D eigenvalue weighted by Crippen LogP contribution is -2.56. The van der Waals surface area contributed by atoms with E-state index >= 15 is 0 Å². The number of benzene rings is 1. The number of nitrogens with two attached hydrogens (primary N) is 1. The first kappa shape index (κ1) is 13.5. The molecule has 0 aliphatic carbocycles. The number of nitrogens with one attached hydrogen (secondary N) is 1. The fraction of sp³-hybridized carbons (Fsp3) is 0.462. The van der Waals surface area contributed by atoms with Gasteiger partial charge in [0.15, 0.2) is 11.5 Å². The van der Waals surface area contributed by atoms with Crippen LogP contribution in [-0.4, -0.2) is 45.8 Å². The van der Waals surface area contributed by atoms with E-state index in [1.807, 2.05) is 23.1 Å². The van der Waals surface area contributed by atoms with E-state index < -0.39 is 0 Å². The molecule has 0 aromatic heterocycles. The zero-order chi connectivity index (χ0) is 13.8. The molecule has 0 radical (unpaired) electrons. The third-order valence-corrected chi connectivity index (χ3v) is 3.16. The van der Waals surface area contributed by atoms with Crippen LogP contribution in [0.2, 0.25) is 0 Å². The largest absolute Gasteiger partial charge is 0.493 e. The van der Waals surface area contributed by atoms with E-state index in [0.29, 0.717) is 31.1 Å². The van der Waals surface area contributed by atoms with Gasteiger partial charge in [-0.05, 0) is 12.1 Å². The second kappa shape index (κ2) is 5.79. The second-order valence-electron chi connectivity index (χ2n) is 4.42. The lowest BCUT2D eigenvalue weighted by Gasteiger charge is -2.34. The number of carbonyl (C=O) groups excluding carboxylic acids is 1. The number of anilines is 1. The molecule has 1 unspecified atom stereocenters. The number of rotatable bonds is 4. The van der Waals surface area contributed by atoms with E-state index in [4.69, 9.17) is 15.2 Å². The van der Waals surface area contributed by atoms with Crippen molar-refractivity contribution in [1.82, 2.24) is 5.32 Å². The average molecular weight is 265 g/mol. The molecule has 3 N–H and O–H groups in total. The summed E-state index contributed by atoms with van der Waals surface area (Å²) in [5, 5.41) is 2.86. The summed E-state index contributed by atoms with van der Waals surface area (Å²) in [6, 6.07) is 5.59. The van der Waals surface area contributed by atoms with Crippen LogP contribution in [0.15, 0.2) is 18.2 Å². The van der Waals surface area contributed by atoms with Crippen LogP contribution >= 0.6 is 0 Å². The van der Waals surface area contributed by atoms with Gasteiger partial charge >= 0.3 is 0 Å². The van der Waals surface area contributed by atoms with E-state index in [9.17, 15) is 4.79 Å². The molecular weight excluding hydrogens is 246 g/mol. The molecule has 1 fully saturated rings. The Morgan fingerprint density at radius 1 is 1.37 bits per heavy atom. The van der Waals surface area contributed by atoms with Crippen LogP contribution in [0, 0.1) is 0 Å². The average Bonchev–Trinajstić information content (AvgIpc) is 2.45. The van der Waals surface area contributed by atoms with E-state index in [1.54, 1.807) is 14.2 Å². The van der Waals surface area contributed by atoms with Crippen LogP contribution in [0.5, 0.6) is 11.5 Å². The zero-order valence-electron chi connectivity index (χ0n) is 11.2. The van der Waals surface area contributed by atoms with Gasteiger partial charge in [0.05, 0.1) is 26.8 Å². The Morgan fingerprint density at radius 3 is 2.74 bits per heavy atom. The fourth-order valence-electron chi connectivity index (χ4n) is 2.17. The Kier molecular flexibility index (Phi) is 4.11. The summed E-state index contributed by atoms with van der Waals surface area (Å²) in [5.41, 5.74) is 6.54. The highest BCUT2D eigenvalue weighted by molar-refractivity contribution is 5.83. The molecule has 1 amide bonds. The van der Waals surface area contributed by atoms with Crippen molar-refractivity contribution in [2.24, 2.45) is 5.73 Å². The summed E-state index contributed by atoms with van der Waals surface area (Å²) in [6.07, 6.45) is 0. The molecule has 1 aliphatic rings. The lowest BCUT2D eigenvalue weighted by atomic mass is 10.1. The van der Waals surface area contributed by atoms with Gasteiger partial charge in [-0.3, -0.25) is 4.79 Å². The Bertz CT molecular complexity index is 464. The third-order valence-electron chi connectivity index (χ3n) is 3.16. The number of carbonyl (C=O) groups is 1. The Hall–Kier alpha value is -1.95. The zero-order valence-corrected chi connectivity index (χ0v) is 11.2. The van der Waals surface area contributed by atoms with Crippen LogP contribution in [-0.2, 0) is 4.79 Å². The Morgan fingerprint density at radius 2 is 2.11 bits per heavy atom. The minimum atomic E-state index is -0.0191. The molecule has 0 spiro atoms. The summed E-state index contributed by atoms with van der Waals surface area (Å²) < 4.78 is 10.5. The molecule has 1 atom stereocenters. The van der Waals surface area contributed by atoms with Gasteiger partial charge in [-0.2, -0.15) is 0 Å². The van der Waals surface area contributed by atoms with Crippen LogP contribution in [0.25, 0.3) is 0 Å². The molecule has 1 aromatic rings. The molecule has 104 valence electrons. The van der Waals surface area contributed by atoms with Crippen LogP contribution in [0.3, 0.4) is 0 Å². The second-order valence-corrected chi connectivity index (χ2v) is 4.42. The summed E-state index contributed by atoms with van der Waals surface area (Å²) in [5.74, 6) is 1.30. The van der Waals surface area contributed by atoms with Gasteiger partial charge in [0.2, 0.25) is 5.91 Å². The SMILES string of the molecule is COc1ccc(N2CC(=O)NC(CN)C2)cc1OC. The van der Waals surface area contributed by atoms with Gasteiger partial charge in [0.25, 0.3) is 0 Å². The maximum atomic E-state index is 11.6. The summed E-state index contributed by atoms with van der Waals surface area (Å²) in [4.78, 5) is 13.6. The maximum absolute atomic E-state index is 11.6. The molecule has 19 heavy (non-hydrogen) atoms. The van der Waals surface area contributed by atoms with Gasteiger partial charge in [0, 0.05) is 24.8 Å². The van der Waals surface area contributed by atoms with E-state index in [2.05, 4.69) is 5.32 Å². The molecule has 1 aromatic carbocycles. The Labute approximate surface area is 112 Å². The summed E-state index contributed by atoms with van der Waals surface area (Å²) in [7, 11) is 3.18. The summed E-state index contributed by atoms with van der Waals surface area (Å²) in [6.45, 7) is 1.44. The maximum Gasteiger partial charge on any atom is 0.239 e. The minimum Gasteiger partial charge on any atom is -0.493 e. The first-order chi connectivity index (χ1) is 9.17. The van der Waals surface area contributed by atoms with Gasteiger partial charge in [-0.15, -0.1) is 0 Å². The van der Waals surface area contributed by atoms with E-state index in [-0.39, 0.29) is 11.9 Å². The normalized spacial score (nSPS) is 19.0. The molecular formula is C13H19N3O3. The monoisotopic (exact) mass is 265 g/mol. The van der Waals surface area contributed by atoms with Crippen molar-refractivity contribution in [2.45, 2.75) is 6.04 Å². The fourth-order valence-corrected chi connectivity index (χ4v) is 2.17. The number of piperazine rings is 1. The van der Waals surface area contributed by atoms with Gasteiger partial charge < -0.3 is 25.4 Å². The lowest BCUT2D eigenvalue weighted by molar-refractivity contribution is -0.121. The quantitative estimate of drug-likeness (QED) is 0.799. The number of hydrogen-bond acceptors (Lipinski definition) is 5. The van der Waals surface area contributed by atoms with Crippen molar-refractivity contribution in [1.29, 1.82) is 0 Å². The summed E-state index contributed by atoms with van der Waals surface area (Å²) >= 11 is 0. The number of hydrogen-bond donors (Lipinski definition) is 2. The van der Waals surface area contributed by atoms with Crippen molar-refractivity contribution in [3.8, 4) is 11.5 Å². The first-order valence-electron chi connectivity index (χ1n) is 6.14. The van der Waals surface area contributed by atoms with Crippen LogP contribution in [0.4, 0.5) is 5.69 Å². The third kappa shape index (κ3) is 2.90. The number of amides is 1. The predicted octanol–water partition coefficient (Wildman–Crippen LogP) is -0.0327. The molecule has 6 heteroatoms. The smallest absolute Gasteiger partial charge is 0.239 e. The molecule has 6 nitrogen and oxygen atoms in total. The van der Waals surface area contributed by atoms with Gasteiger partial charge in [-0.1, -0.05) is 0 Å². The van der Waals surface area contributed by atoms with Gasteiger partial charge in [0.1, 0.15) is 0 Å². The number of nitrogens with zero attached hydrogens (tertiary/aromatic N) is 1. The van der Waals surface area contributed by atoms with Crippen LogP contribution < -0.4 is 25.4 Å². The molecule has 0 saturated carbocycles. The van der Waals surface area contributed by atoms with Crippen molar-refractivity contribution in [2.75, 3.05) is 38.8 Å². The first-order valence-corrected chi connectivity index (χ1v) is 6.14. The van der Waals surface area contributed by atoms with Crippen LogP contribution in [0.1, 0.15) is 0 Å². The molecule has 0 bridgehead atoms. The molecule has 1 heterocycles. The van der Waals surface area contributed by atoms with Gasteiger partial charge in [-0.25, -0.2) is 0 Å². The topological polar surface area (TPSA) is 76.8 Å². The van der Waals surface area contributed by atoms with Crippen molar-refractivity contribution >= 4 is 11.6 Å². The molecule has 2 rings (SSSR count). The predicted molar refractivity (Wildman–Crippen MR) is 72.7 cm³/mol. The van der Waals surface area contributed by atoms with Crippen molar-refractivity contribution < 1.29 is 14.3 Å². The number of methoxy groups -OCH3 is 2. The standard InChI is InChI=1S/C13H19N3O3/c1-18-11-4-3-10(5-12(11)19-2)16-7-9(6-14)15-13(17)8-16/h3-5,9H,6-8,14H2,1-2H3,(H,15,17). The highest BCUT2D eigenvalue weighted by atomic mass is 16.5.